The summed E-state index contributed by atoms with van der Waals surface area (Å²) in [6.45, 7) is 5.91. The first-order valence-electron chi connectivity index (χ1n) is 5.22. The molecule has 1 atom stereocenters. The number of nitrogens with one attached hydrogen (secondary N) is 1. The van der Waals surface area contributed by atoms with Crippen LogP contribution in [0.1, 0.15) is 35.6 Å². The Kier molecular flexibility index (Phi) is 5.15. The first-order valence-corrected chi connectivity index (χ1v) is 6.52. The van der Waals surface area contributed by atoms with E-state index in [4.69, 9.17) is 11.6 Å². The third-order valence-electron chi connectivity index (χ3n) is 2.40. The number of halogens is 1. The van der Waals surface area contributed by atoms with Gasteiger partial charge in [-0.1, -0.05) is 18.3 Å². The van der Waals surface area contributed by atoms with Gasteiger partial charge in [0, 0.05) is 11.9 Å². The number of aromatic nitrogens is 2. The molecule has 1 unspecified atom stereocenters. The lowest BCUT2D eigenvalue weighted by Crippen LogP contribution is -2.38. The molecule has 0 aliphatic heterocycles. The molecule has 0 aromatic carbocycles. The second-order valence-corrected chi connectivity index (χ2v) is 5.12. The standard InChI is InChI=1S/C10H16ClN3OS/c1-6(2)8(4-5-11)12-10(15)9-7(3)13-14-16-9/h6,8H,4-5H2,1-3H3,(H,12,15). The van der Waals surface area contributed by atoms with Crippen molar-refractivity contribution < 1.29 is 4.79 Å². The summed E-state index contributed by atoms with van der Waals surface area (Å²) >= 11 is 6.83. The average Bonchev–Trinajstić information content (AvgIpc) is 2.63. The normalized spacial score (nSPS) is 12.8. The summed E-state index contributed by atoms with van der Waals surface area (Å²) in [5.41, 5.74) is 0.677. The number of aryl methyl sites for hydroxylation is 1. The van der Waals surface area contributed by atoms with Crippen LogP contribution in [0, 0.1) is 12.8 Å². The van der Waals surface area contributed by atoms with Crippen LogP contribution in [0.5, 0.6) is 0 Å². The summed E-state index contributed by atoms with van der Waals surface area (Å²) in [6, 6.07) is 0.103. The fourth-order valence-corrected chi connectivity index (χ4v) is 2.16. The van der Waals surface area contributed by atoms with Crippen LogP contribution in [0.3, 0.4) is 0 Å². The summed E-state index contributed by atoms with van der Waals surface area (Å²) < 4.78 is 3.75. The Labute approximate surface area is 105 Å². The zero-order valence-electron chi connectivity index (χ0n) is 9.66. The van der Waals surface area contributed by atoms with Gasteiger partial charge in [-0.25, -0.2) is 0 Å². The fourth-order valence-electron chi connectivity index (χ4n) is 1.36. The van der Waals surface area contributed by atoms with Gasteiger partial charge >= 0.3 is 0 Å². The number of rotatable bonds is 5. The summed E-state index contributed by atoms with van der Waals surface area (Å²) in [4.78, 5) is 12.5. The summed E-state index contributed by atoms with van der Waals surface area (Å²) in [5.74, 6) is 0.809. The molecule has 1 amide bonds. The second-order valence-electron chi connectivity index (χ2n) is 3.99. The molecule has 0 fully saturated rings. The Balaban J connectivity index is 2.65. The molecule has 0 aliphatic carbocycles. The topological polar surface area (TPSA) is 54.9 Å². The molecular weight excluding hydrogens is 246 g/mol. The van der Waals surface area contributed by atoms with Crippen LogP contribution < -0.4 is 5.32 Å². The molecule has 4 nitrogen and oxygen atoms in total. The number of carbonyl (C=O) groups is 1. The van der Waals surface area contributed by atoms with E-state index < -0.39 is 0 Å². The maximum absolute atomic E-state index is 11.9. The highest BCUT2D eigenvalue weighted by molar-refractivity contribution is 7.08. The van der Waals surface area contributed by atoms with Crippen molar-refractivity contribution in [1.82, 2.24) is 14.9 Å². The van der Waals surface area contributed by atoms with Gasteiger partial charge in [-0.15, -0.1) is 16.7 Å². The lowest BCUT2D eigenvalue weighted by molar-refractivity contribution is 0.0928. The molecule has 0 aliphatic rings. The molecule has 1 rings (SSSR count). The SMILES string of the molecule is Cc1nnsc1C(=O)NC(CCCl)C(C)C. The quantitative estimate of drug-likeness (QED) is 0.827. The van der Waals surface area contributed by atoms with E-state index in [2.05, 4.69) is 28.8 Å². The van der Waals surface area contributed by atoms with Crippen molar-refractivity contribution >= 4 is 29.0 Å². The molecule has 1 heterocycles. The first kappa shape index (κ1) is 13.4. The predicted octanol–water partition coefficient (Wildman–Crippen LogP) is 2.23. The Morgan fingerprint density at radius 3 is 2.69 bits per heavy atom. The molecule has 1 aromatic heterocycles. The van der Waals surface area contributed by atoms with E-state index in [1.165, 1.54) is 0 Å². The largest absolute Gasteiger partial charge is 0.348 e. The number of alkyl halides is 1. The van der Waals surface area contributed by atoms with Crippen LogP contribution in [0.25, 0.3) is 0 Å². The molecule has 90 valence electrons. The zero-order valence-corrected chi connectivity index (χ0v) is 11.2. The van der Waals surface area contributed by atoms with Crippen molar-refractivity contribution in [3.8, 4) is 0 Å². The summed E-state index contributed by atoms with van der Waals surface area (Å²) in [6.07, 6.45) is 0.774. The van der Waals surface area contributed by atoms with Crippen LogP contribution >= 0.6 is 23.1 Å². The molecule has 16 heavy (non-hydrogen) atoms. The summed E-state index contributed by atoms with van der Waals surface area (Å²) in [5, 5.41) is 6.79. The second kappa shape index (κ2) is 6.15. The Morgan fingerprint density at radius 1 is 1.56 bits per heavy atom. The first-order chi connectivity index (χ1) is 7.56. The number of hydrogen-bond donors (Lipinski definition) is 1. The maximum atomic E-state index is 11.9. The van der Waals surface area contributed by atoms with Crippen molar-refractivity contribution in [2.45, 2.75) is 33.2 Å². The third kappa shape index (κ3) is 3.42. The van der Waals surface area contributed by atoms with Crippen LogP contribution in [0.2, 0.25) is 0 Å². The molecule has 6 heteroatoms. The Hall–Kier alpha value is -0.680. The minimum absolute atomic E-state index is 0.101. The lowest BCUT2D eigenvalue weighted by Gasteiger charge is -2.20. The minimum atomic E-state index is -0.101. The van der Waals surface area contributed by atoms with Gasteiger partial charge in [0.05, 0.1) is 5.69 Å². The molecule has 0 radical (unpaired) electrons. The monoisotopic (exact) mass is 261 g/mol. The maximum Gasteiger partial charge on any atom is 0.265 e. The van der Waals surface area contributed by atoms with Crippen molar-refractivity contribution in [3.63, 3.8) is 0 Å². The van der Waals surface area contributed by atoms with Gasteiger partial charge in [-0.05, 0) is 30.8 Å². The predicted molar refractivity (Wildman–Crippen MR) is 66.1 cm³/mol. The highest BCUT2D eigenvalue weighted by Gasteiger charge is 2.19. The van der Waals surface area contributed by atoms with E-state index in [1.54, 1.807) is 6.92 Å². The molecule has 0 saturated carbocycles. The van der Waals surface area contributed by atoms with Gasteiger partial charge in [0.2, 0.25) is 0 Å². The highest BCUT2D eigenvalue weighted by atomic mass is 35.5. The van der Waals surface area contributed by atoms with E-state index in [9.17, 15) is 4.79 Å². The van der Waals surface area contributed by atoms with Gasteiger partial charge in [-0.2, -0.15) is 0 Å². The lowest BCUT2D eigenvalue weighted by atomic mass is 10.0. The highest BCUT2D eigenvalue weighted by Crippen LogP contribution is 2.12. The zero-order chi connectivity index (χ0) is 12.1. The molecule has 1 aromatic rings. The van der Waals surface area contributed by atoms with Crippen LogP contribution in [-0.2, 0) is 0 Å². The van der Waals surface area contributed by atoms with Crippen LogP contribution in [0.4, 0.5) is 0 Å². The molecule has 1 N–H and O–H groups in total. The molecule has 0 saturated heterocycles. The van der Waals surface area contributed by atoms with Gasteiger partial charge in [0.15, 0.2) is 0 Å². The number of amides is 1. The third-order valence-corrected chi connectivity index (χ3v) is 3.44. The average molecular weight is 262 g/mol. The Bertz CT molecular complexity index is 354. The van der Waals surface area contributed by atoms with Crippen molar-refractivity contribution in [1.29, 1.82) is 0 Å². The molecular formula is C10H16ClN3OS. The molecule has 0 spiro atoms. The van der Waals surface area contributed by atoms with Crippen molar-refractivity contribution in [3.05, 3.63) is 10.6 Å². The van der Waals surface area contributed by atoms with E-state index in [0.29, 0.717) is 22.4 Å². The van der Waals surface area contributed by atoms with E-state index >= 15 is 0 Å². The van der Waals surface area contributed by atoms with E-state index in [1.807, 2.05) is 0 Å². The Morgan fingerprint density at radius 2 is 2.25 bits per heavy atom. The summed E-state index contributed by atoms with van der Waals surface area (Å²) in [7, 11) is 0. The van der Waals surface area contributed by atoms with Crippen molar-refractivity contribution in [2.75, 3.05) is 5.88 Å². The fraction of sp³-hybridized carbons (Fsp3) is 0.700. The number of hydrogen-bond acceptors (Lipinski definition) is 4. The number of carbonyl (C=O) groups excluding carboxylic acids is 1. The minimum Gasteiger partial charge on any atom is -0.348 e. The van der Waals surface area contributed by atoms with Crippen molar-refractivity contribution in [2.24, 2.45) is 5.92 Å². The van der Waals surface area contributed by atoms with E-state index in [0.717, 1.165) is 18.0 Å². The van der Waals surface area contributed by atoms with Crippen LogP contribution in [0.15, 0.2) is 0 Å². The number of nitrogens with zero attached hydrogens (tertiary/aromatic N) is 2. The molecule has 0 bridgehead atoms. The van der Waals surface area contributed by atoms with Gasteiger partial charge < -0.3 is 5.32 Å². The van der Waals surface area contributed by atoms with Crippen LogP contribution in [-0.4, -0.2) is 27.4 Å². The van der Waals surface area contributed by atoms with E-state index in [-0.39, 0.29) is 11.9 Å². The van der Waals surface area contributed by atoms with Gasteiger partial charge in [-0.3, -0.25) is 4.79 Å². The van der Waals surface area contributed by atoms with Gasteiger partial charge in [0.25, 0.3) is 5.91 Å². The van der Waals surface area contributed by atoms with Gasteiger partial charge in [0.1, 0.15) is 4.88 Å². The smallest absolute Gasteiger partial charge is 0.265 e.